The fourth-order valence-electron chi connectivity index (χ4n) is 2.19. The van der Waals surface area contributed by atoms with Gasteiger partial charge >= 0.3 is 0 Å². The molecule has 17 heavy (non-hydrogen) atoms. The van der Waals surface area contributed by atoms with Crippen LogP contribution < -0.4 is 0 Å². The number of nitrogens with zero attached hydrogens (tertiary/aromatic N) is 2. The van der Waals surface area contributed by atoms with E-state index < -0.39 is 0 Å². The Bertz CT molecular complexity index is 400. The molecule has 1 aromatic rings. The topological polar surface area (TPSA) is 45.5 Å². The number of hydrogen-bond donors (Lipinski definition) is 1. The van der Waals surface area contributed by atoms with Gasteiger partial charge in [-0.15, -0.1) is 11.8 Å². The lowest BCUT2D eigenvalue weighted by Gasteiger charge is -2.21. The molecule has 0 bridgehead atoms. The minimum atomic E-state index is 0.729. The Kier molecular flexibility index (Phi) is 4.42. The molecule has 3 nitrogen and oxygen atoms in total. The van der Waals surface area contributed by atoms with Crippen molar-refractivity contribution in [3.63, 3.8) is 0 Å². The number of rotatable bonds is 3. The van der Waals surface area contributed by atoms with E-state index >= 15 is 0 Å². The fourth-order valence-corrected chi connectivity index (χ4v) is 3.43. The monoisotopic (exact) mass is 250 g/mol. The van der Waals surface area contributed by atoms with Gasteiger partial charge in [0.05, 0.1) is 11.2 Å². The molecule has 4 heteroatoms. The number of aryl methyl sites for hydroxylation is 1. The van der Waals surface area contributed by atoms with Crippen molar-refractivity contribution in [3.05, 3.63) is 23.4 Å². The van der Waals surface area contributed by atoms with Crippen molar-refractivity contribution >= 4 is 18.0 Å². The Hall–Kier alpha value is -1.03. The molecular weight excluding hydrogens is 232 g/mol. The molecule has 1 aliphatic rings. The second-order valence-corrected chi connectivity index (χ2v) is 5.80. The average Bonchev–Trinajstić information content (AvgIpc) is 2.34. The van der Waals surface area contributed by atoms with Crippen LogP contribution in [0.1, 0.15) is 43.2 Å². The van der Waals surface area contributed by atoms with Gasteiger partial charge in [-0.05, 0) is 31.4 Å². The number of oxime groups is 1. The third-order valence-corrected chi connectivity index (χ3v) is 4.54. The van der Waals surface area contributed by atoms with E-state index in [2.05, 4.69) is 17.1 Å². The maximum atomic E-state index is 8.48. The molecule has 0 spiro atoms. The molecule has 0 atom stereocenters. The molecule has 1 fully saturated rings. The molecule has 1 aromatic heterocycles. The van der Waals surface area contributed by atoms with Crippen LogP contribution in [0, 0.1) is 6.92 Å². The lowest BCUT2D eigenvalue weighted by atomic mass is 10.0. The van der Waals surface area contributed by atoms with Crippen molar-refractivity contribution in [2.45, 2.75) is 49.3 Å². The van der Waals surface area contributed by atoms with Crippen molar-refractivity contribution in [2.24, 2.45) is 5.16 Å². The second-order valence-electron chi connectivity index (χ2n) is 4.51. The van der Waals surface area contributed by atoms with Gasteiger partial charge in [-0.3, -0.25) is 0 Å². The van der Waals surface area contributed by atoms with Gasteiger partial charge in [0, 0.05) is 17.0 Å². The smallest absolute Gasteiger partial charge is 0.0992 e. The maximum absolute atomic E-state index is 8.48. The molecule has 0 amide bonds. The first kappa shape index (κ1) is 12.4. The van der Waals surface area contributed by atoms with E-state index in [1.54, 1.807) is 6.20 Å². The Morgan fingerprint density at radius 3 is 2.82 bits per heavy atom. The number of hydrogen-bond acceptors (Lipinski definition) is 4. The van der Waals surface area contributed by atoms with E-state index in [-0.39, 0.29) is 0 Å². The lowest BCUT2D eigenvalue weighted by molar-refractivity contribution is 0.322. The number of pyridine rings is 1. The zero-order valence-corrected chi connectivity index (χ0v) is 10.9. The van der Waals surface area contributed by atoms with Crippen LogP contribution in [-0.2, 0) is 0 Å². The summed E-state index contributed by atoms with van der Waals surface area (Å²) in [5, 5.41) is 13.3. The third kappa shape index (κ3) is 3.46. The van der Waals surface area contributed by atoms with E-state index in [0.29, 0.717) is 0 Å². The third-order valence-electron chi connectivity index (χ3n) is 3.09. The molecule has 92 valence electrons. The number of aromatic nitrogens is 1. The first-order chi connectivity index (χ1) is 8.29. The van der Waals surface area contributed by atoms with Crippen molar-refractivity contribution in [1.82, 2.24) is 4.98 Å². The molecule has 0 radical (unpaired) electrons. The summed E-state index contributed by atoms with van der Waals surface area (Å²) in [6.45, 7) is 2.06. The highest BCUT2D eigenvalue weighted by molar-refractivity contribution is 7.99. The van der Waals surface area contributed by atoms with Crippen LogP contribution in [0.3, 0.4) is 0 Å². The van der Waals surface area contributed by atoms with Gasteiger partial charge in [0.2, 0.25) is 0 Å². The van der Waals surface area contributed by atoms with E-state index in [9.17, 15) is 0 Å². The van der Waals surface area contributed by atoms with Gasteiger partial charge in [-0.1, -0.05) is 24.4 Å². The summed E-state index contributed by atoms with van der Waals surface area (Å²) >= 11 is 1.90. The quantitative estimate of drug-likeness (QED) is 0.506. The summed E-state index contributed by atoms with van der Waals surface area (Å²) in [4.78, 5) is 4.45. The first-order valence-corrected chi connectivity index (χ1v) is 6.98. The van der Waals surface area contributed by atoms with Gasteiger partial charge < -0.3 is 5.21 Å². The lowest BCUT2D eigenvalue weighted by Crippen LogP contribution is -2.08. The van der Waals surface area contributed by atoms with Crippen molar-refractivity contribution in [3.8, 4) is 0 Å². The van der Waals surface area contributed by atoms with Gasteiger partial charge in [0.25, 0.3) is 0 Å². The summed E-state index contributed by atoms with van der Waals surface area (Å²) in [6, 6.07) is 2.01. The van der Waals surface area contributed by atoms with E-state index in [0.717, 1.165) is 21.4 Å². The molecule has 0 aliphatic heterocycles. The highest BCUT2D eigenvalue weighted by Crippen LogP contribution is 2.33. The SMILES string of the molecule is Cc1cc(/C=N\O)cnc1SC1CCCCC1. The van der Waals surface area contributed by atoms with E-state index in [4.69, 9.17) is 5.21 Å². The zero-order chi connectivity index (χ0) is 12.1. The minimum Gasteiger partial charge on any atom is -0.411 e. The molecule has 0 aromatic carbocycles. The van der Waals surface area contributed by atoms with Crippen LogP contribution >= 0.6 is 11.8 Å². The Balaban J connectivity index is 2.05. The van der Waals surface area contributed by atoms with E-state index in [1.165, 1.54) is 38.3 Å². The molecule has 1 heterocycles. The predicted molar refractivity (Wildman–Crippen MR) is 71.1 cm³/mol. The normalized spacial score (nSPS) is 17.7. The van der Waals surface area contributed by atoms with Crippen molar-refractivity contribution in [2.75, 3.05) is 0 Å². The number of thioether (sulfide) groups is 1. The van der Waals surface area contributed by atoms with Gasteiger partial charge in [-0.2, -0.15) is 0 Å². The summed E-state index contributed by atoms with van der Waals surface area (Å²) in [5.74, 6) is 0. The van der Waals surface area contributed by atoms with Crippen LogP contribution in [0.15, 0.2) is 22.4 Å². The summed E-state index contributed by atoms with van der Waals surface area (Å²) < 4.78 is 0. The van der Waals surface area contributed by atoms with E-state index in [1.807, 2.05) is 17.8 Å². The predicted octanol–water partition coefficient (Wildman–Crippen LogP) is 3.62. The van der Waals surface area contributed by atoms with Crippen LogP contribution in [-0.4, -0.2) is 21.7 Å². The molecule has 1 N–H and O–H groups in total. The van der Waals surface area contributed by atoms with Crippen molar-refractivity contribution in [1.29, 1.82) is 0 Å². The first-order valence-electron chi connectivity index (χ1n) is 6.10. The van der Waals surface area contributed by atoms with Crippen LogP contribution in [0.25, 0.3) is 0 Å². The second kappa shape index (κ2) is 6.05. The highest BCUT2D eigenvalue weighted by atomic mass is 32.2. The van der Waals surface area contributed by atoms with Gasteiger partial charge in [0.1, 0.15) is 0 Å². The molecule has 0 saturated heterocycles. The van der Waals surface area contributed by atoms with Crippen LogP contribution in [0.5, 0.6) is 0 Å². The van der Waals surface area contributed by atoms with Crippen molar-refractivity contribution < 1.29 is 5.21 Å². The highest BCUT2D eigenvalue weighted by Gasteiger charge is 2.16. The molecular formula is C13H18N2OS. The summed E-state index contributed by atoms with van der Waals surface area (Å²) in [6.07, 6.45) is 9.89. The Labute approximate surface area is 106 Å². The molecule has 1 saturated carbocycles. The Morgan fingerprint density at radius 2 is 2.18 bits per heavy atom. The fraction of sp³-hybridized carbons (Fsp3) is 0.538. The summed E-state index contributed by atoms with van der Waals surface area (Å²) in [7, 11) is 0. The summed E-state index contributed by atoms with van der Waals surface area (Å²) in [5.41, 5.74) is 2.01. The Morgan fingerprint density at radius 1 is 1.41 bits per heavy atom. The van der Waals surface area contributed by atoms with Gasteiger partial charge in [0.15, 0.2) is 0 Å². The minimum absolute atomic E-state index is 0.729. The average molecular weight is 250 g/mol. The molecule has 2 rings (SSSR count). The van der Waals surface area contributed by atoms with Gasteiger partial charge in [-0.25, -0.2) is 4.98 Å². The standard InChI is InChI=1S/C13H18N2OS/c1-10-7-11(9-15-16)8-14-13(10)17-12-5-3-2-4-6-12/h7-9,12,16H,2-6H2,1H3/b15-9-. The zero-order valence-electron chi connectivity index (χ0n) is 10.1. The maximum Gasteiger partial charge on any atom is 0.0992 e. The largest absolute Gasteiger partial charge is 0.411 e. The molecule has 1 aliphatic carbocycles. The van der Waals surface area contributed by atoms with Crippen LogP contribution in [0.4, 0.5) is 0 Å². The molecule has 0 unspecified atom stereocenters. The van der Waals surface area contributed by atoms with Crippen LogP contribution in [0.2, 0.25) is 0 Å².